The maximum atomic E-state index is 9.74. The smallest absolute Gasteiger partial charge is 0.123 e. The lowest BCUT2D eigenvalue weighted by Gasteiger charge is -2.08. The monoisotopic (exact) mass is 255 g/mol. The van der Waals surface area contributed by atoms with Crippen LogP contribution in [-0.4, -0.2) is 30.8 Å². The Morgan fingerprint density at radius 3 is 2.82 bits per heavy atom. The molecule has 0 fully saturated rings. The molecule has 0 unspecified atom stereocenters. The van der Waals surface area contributed by atoms with Crippen molar-refractivity contribution < 1.29 is 9.84 Å². The van der Waals surface area contributed by atoms with E-state index >= 15 is 0 Å². The average molecular weight is 255 g/mol. The molecule has 0 aliphatic heterocycles. The number of hydrogen-bond donors (Lipinski definition) is 2. The molecule has 0 aromatic heterocycles. The van der Waals surface area contributed by atoms with E-state index in [0.29, 0.717) is 18.0 Å². The number of nitrogens with one attached hydrogen (secondary N) is 1. The van der Waals surface area contributed by atoms with Gasteiger partial charge in [0.05, 0.1) is 7.11 Å². The summed E-state index contributed by atoms with van der Waals surface area (Å²) in [7, 11) is 1.60. The molecule has 4 heteroatoms. The van der Waals surface area contributed by atoms with Crippen molar-refractivity contribution in [1.82, 2.24) is 5.32 Å². The molecule has 1 aromatic rings. The molecule has 3 nitrogen and oxygen atoms in total. The summed E-state index contributed by atoms with van der Waals surface area (Å²) < 4.78 is 5.04. The predicted molar refractivity (Wildman–Crippen MR) is 74.0 cm³/mol. The normalized spacial score (nSPS) is 10.5. The van der Waals surface area contributed by atoms with Crippen molar-refractivity contribution in [3.63, 3.8) is 0 Å². The molecule has 96 valence electrons. The van der Waals surface area contributed by atoms with Gasteiger partial charge in [-0.25, -0.2) is 0 Å². The summed E-state index contributed by atoms with van der Waals surface area (Å²) in [6.45, 7) is 1.70. The molecule has 0 aliphatic carbocycles. The number of methoxy groups -OCH3 is 1. The van der Waals surface area contributed by atoms with Gasteiger partial charge >= 0.3 is 0 Å². The third kappa shape index (κ3) is 5.33. The van der Waals surface area contributed by atoms with Crippen LogP contribution in [-0.2, 0) is 6.54 Å². The summed E-state index contributed by atoms with van der Waals surface area (Å²) in [6, 6.07) is 5.40. The molecule has 0 heterocycles. The van der Waals surface area contributed by atoms with Gasteiger partial charge in [-0.05, 0) is 37.5 Å². The van der Waals surface area contributed by atoms with Gasteiger partial charge in [0, 0.05) is 18.2 Å². The fraction of sp³-hybridized carbons (Fsp3) is 0.538. The molecule has 0 bridgehead atoms. The van der Waals surface area contributed by atoms with Gasteiger partial charge < -0.3 is 15.2 Å². The number of aromatic hydroxyl groups is 1. The maximum absolute atomic E-state index is 9.74. The lowest BCUT2D eigenvalue weighted by molar-refractivity contribution is 0.406. The number of phenols is 1. The van der Waals surface area contributed by atoms with Crippen LogP contribution in [0.4, 0.5) is 0 Å². The van der Waals surface area contributed by atoms with E-state index < -0.39 is 0 Å². The van der Waals surface area contributed by atoms with Crippen LogP contribution in [0.3, 0.4) is 0 Å². The molecule has 0 aliphatic rings. The third-order valence-electron chi connectivity index (χ3n) is 2.56. The van der Waals surface area contributed by atoms with E-state index in [1.807, 2.05) is 23.9 Å². The second-order valence-electron chi connectivity index (χ2n) is 3.87. The molecule has 0 atom stereocenters. The first-order valence-corrected chi connectivity index (χ1v) is 7.23. The standard InChI is InChI=1S/C13H21NO2S/c1-16-12-6-5-11(13(15)9-12)10-14-7-3-4-8-17-2/h5-6,9,14-15H,3-4,7-8,10H2,1-2H3. The van der Waals surface area contributed by atoms with Crippen molar-refractivity contribution in [3.05, 3.63) is 23.8 Å². The van der Waals surface area contributed by atoms with Crippen LogP contribution in [0.1, 0.15) is 18.4 Å². The Hall–Kier alpha value is -0.870. The summed E-state index contributed by atoms with van der Waals surface area (Å²) in [5, 5.41) is 13.1. The fourth-order valence-electron chi connectivity index (χ4n) is 1.54. The summed E-state index contributed by atoms with van der Waals surface area (Å²) in [4.78, 5) is 0. The van der Waals surface area contributed by atoms with E-state index in [9.17, 15) is 5.11 Å². The van der Waals surface area contributed by atoms with E-state index in [0.717, 1.165) is 12.1 Å². The first-order valence-electron chi connectivity index (χ1n) is 5.83. The lowest BCUT2D eigenvalue weighted by atomic mass is 10.2. The van der Waals surface area contributed by atoms with Crippen LogP contribution < -0.4 is 10.1 Å². The largest absolute Gasteiger partial charge is 0.507 e. The SMILES string of the molecule is COc1ccc(CNCCCCSC)c(O)c1. The van der Waals surface area contributed by atoms with Crippen molar-refractivity contribution in [2.24, 2.45) is 0 Å². The Bertz CT molecular complexity index is 331. The van der Waals surface area contributed by atoms with E-state index in [1.165, 1.54) is 18.6 Å². The molecule has 1 rings (SSSR count). The van der Waals surface area contributed by atoms with Crippen LogP contribution >= 0.6 is 11.8 Å². The highest BCUT2D eigenvalue weighted by Crippen LogP contribution is 2.22. The number of unbranched alkanes of at least 4 members (excludes halogenated alkanes) is 1. The van der Waals surface area contributed by atoms with Gasteiger partial charge in [0.15, 0.2) is 0 Å². The van der Waals surface area contributed by atoms with Crippen LogP contribution in [0.15, 0.2) is 18.2 Å². The number of phenolic OH excluding ortho intramolecular Hbond substituents is 1. The minimum atomic E-state index is 0.293. The summed E-state index contributed by atoms with van der Waals surface area (Å²) in [5.41, 5.74) is 0.913. The zero-order chi connectivity index (χ0) is 12.5. The molecular formula is C13H21NO2S. The number of rotatable bonds is 8. The molecule has 17 heavy (non-hydrogen) atoms. The zero-order valence-corrected chi connectivity index (χ0v) is 11.3. The summed E-state index contributed by atoms with van der Waals surface area (Å²) in [5.74, 6) is 2.20. The Morgan fingerprint density at radius 2 is 2.18 bits per heavy atom. The van der Waals surface area contributed by atoms with Crippen molar-refractivity contribution >= 4 is 11.8 Å². The number of thioether (sulfide) groups is 1. The van der Waals surface area contributed by atoms with Crippen molar-refractivity contribution in [2.45, 2.75) is 19.4 Å². The second-order valence-corrected chi connectivity index (χ2v) is 4.86. The summed E-state index contributed by atoms with van der Waals surface area (Å²) in [6.07, 6.45) is 4.54. The van der Waals surface area contributed by atoms with Crippen LogP contribution in [0.2, 0.25) is 0 Å². The molecular weight excluding hydrogens is 234 g/mol. The van der Waals surface area contributed by atoms with Gasteiger partial charge in [-0.3, -0.25) is 0 Å². The third-order valence-corrected chi connectivity index (χ3v) is 3.26. The molecule has 0 radical (unpaired) electrons. The topological polar surface area (TPSA) is 41.5 Å². The molecule has 2 N–H and O–H groups in total. The second kappa shape index (κ2) is 8.25. The van der Waals surface area contributed by atoms with Crippen LogP contribution in [0.5, 0.6) is 11.5 Å². The van der Waals surface area contributed by atoms with E-state index in [4.69, 9.17) is 4.74 Å². The quantitative estimate of drug-likeness (QED) is 0.701. The predicted octanol–water partition coefficient (Wildman–Crippen LogP) is 2.63. The molecule has 1 aromatic carbocycles. The van der Waals surface area contributed by atoms with Gasteiger partial charge in [0.1, 0.15) is 11.5 Å². The van der Waals surface area contributed by atoms with Gasteiger partial charge in [0.2, 0.25) is 0 Å². The van der Waals surface area contributed by atoms with E-state index in [1.54, 1.807) is 13.2 Å². The number of benzene rings is 1. The highest BCUT2D eigenvalue weighted by atomic mass is 32.2. The highest BCUT2D eigenvalue weighted by Gasteiger charge is 2.02. The Morgan fingerprint density at radius 1 is 1.35 bits per heavy atom. The van der Waals surface area contributed by atoms with Crippen LogP contribution in [0.25, 0.3) is 0 Å². The van der Waals surface area contributed by atoms with Crippen molar-refractivity contribution in [2.75, 3.05) is 25.7 Å². The van der Waals surface area contributed by atoms with Crippen molar-refractivity contribution in [3.8, 4) is 11.5 Å². The molecule has 0 amide bonds. The summed E-state index contributed by atoms with van der Waals surface area (Å²) >= 11 is 1.88. The fourth-order valence-corrected chi connectivity index (χ4v) is 2.03. The lowest BCUT2D eigenvalue weighted by Crippen LogP contribution is -2.14. The van der Waals surface area contributed by atoms with E-state index in [2.05, 4.69) is 11.6 Å². The average Bonchev–Trinajstić information content (AvgIpc) is 2.35. The van der Waals surface area contributed by atoms with Gasteiger partial charge in [0.25, 0.3) is 0 Å². The number of hydrogen-bond acceptors (Lipinski definition) is 4. The Balaban J connectivity index is 2.27. The van der Waals surface area contributed by atoms with Gasteiger partial charge in [-0.2, -0.15) is 11.8 Å². The van der Waals surface area contributed by atoms with Gasteiger partial charge in [-0.1, -0.05) is 6.07 Å². The maximum Gasteiger partial charge on any atom is 0.123 e. The molecule has 0 spiro atoms. The van der Waals surface area contributed by atoms with E-state index in [-0.39, 0.29) is 0 Å². The van der Waals surface area contributed by atoms with Gasteiger partial charge in [-0.15, -0.1) is 0 Å². The minimum Gasteiger partial charge on any atom is -0.507 e. The molecule has 0 saturated heterocycles. The zero-order valence-electron chi connectivity index (χ0n) is 10.5. The van der Waals surface area contributed by atoms with Crippen molar-refractivity contribution in [1.29, 1.82) is 0 Å². The Kier molecular flexibility index (Phi) is 6.89. The first-order chi connectivity index (χ1) is 8.27. The first kappa shape index (κ1) is 14.2. The molecule has 0 saturated carbocycles. The minimum absolute atomic E-state index is 0.293. The Labute approximate surface area is 108 Å². The highest BCUT2D eigenvalue weighted by molar-refractivity contribution is 7.98. The van der Waals surface area contributed by atoms with Crippen LogP contribution in [0, 0.1) is 0 Å². The number of ether oxygens (including phenoxy) is 1.